The number of imidazole rings is 1. The van der Waals surface area contributed by atoms with Gasteiger partial charge >= 0.3 is 0 Å². The Hall–Kier alpha value is -4.02. The second kappa shape index (κ2) is 9.00. The molecule has 0 saturated carbocycles. The van der Waals surface area contributed by atoms with E-state index in [4.69, 9.17) is 4.74 Å². The molecule has 1 aliphatic heterocycles. The molecule has 32 heavy (non-hydrogen) atoms. The van der Waals surface area contributed by atoms with Crippen molar-refractivity contribution < 1.29 is 14.5 Å². The summed E-state index contributed by atoms with van der Waals surface area (Å²) in [5, 5.41) is 22.5. The van der Waals surface area contributed by atoms with E-state index in [0.717, 1.165) is 18.8 Å². The minimum Gasteiger partial charge on any atom is -0.495 e. The third kappa shape index (κ3) is 4.36. The number of carbonyl (C=O) groups excluding carboxylic acids is 1. The number of piperidine rings is 1. The molecule has 1 aromatic carbocycles. The van der Waals surface area contributed by atoms with E-state index >= 15 is 0 Å². The van der Waals surface area contributed by atoms with Gasteiger partial charge in [-0.3, -0.25) is 19.5 Å². The van der Waals surface area contributed by atoms with Gasteiger partial charge in [0.05, 0.1) is 23.6 Å². The fourth-order valence-corrected chi connectivity index (χ4v) is 3.78. The highest BCUT2D eigenvalue weighted by Crippen LogP contribution is 2.30. The highest BCUT2D eigenvalue weighted by atomic mass is 16.6. The van der Waals surface area contributed by atoms with Crippen LogP contribution >= 0.6 is 0 Å². The number of rotatable bonds is 6. The van der Waals surface area contributed by atoms with Crippen LogP contribution in [0.4, 0.5) is 17.2 Å². The standard InChI is InChI=1S/C21H23N7O4/c1-14-22-9-11-27(14)20-8-7-19(24-25-20)26-10-3-4-15(13-26)21(29)23-17-12-16(28(30)31)5-6-18(17)32-2/h5-9,11-12,15H,3-4,10,13H2,1-2H3,(H,23,29). The van der Waals surface area contributed by atoms with Crippen molar-refractivity contribution in [2.45, 2.75) is 19.8 Å². The van der Waals surface area contributed by atoms with Gasteiger partial charge in [0.1, 0.15) is 11.6 Å². The van der Waals surface area contributed by atoms with Crippen LogP contribution in [0.5, 0.6) is 5.75 Å². The molecule has 0 radical (unpaired) electrons. The van der Waals surface area contributed by atoms with Crippen LogP contribution < -0.4 is 15.0 Å². The topological polar surface area (TPSA) is 128 Å². The number of nitrogens with zero attached hydrogens (tertiary/aromatic N) is 6. The smallest absolute Gasteiger partial charge is 0.271 e. The van der Waals surface area contributed by atoms with Gasteiger partial charge in [-0.25, -0.2) is 4.98 Å². The van der Waals surface area contributed by atoms with Crippen molar-refractivity contribution in [3.05, 3.63) is 58.7 Å². The molecule has 0 bridgehead atoms. The van der Waals surface area contributed by atoms with Crippen molar-refractivity contribution >= 4 is 23.1 Å². The fourth-order valence-electron chi connectivity index (χ4n) is 3.78. The first kappa shape index (κ1) is 21.2. The van der Waals surface area contributed by atoms with Gasteiger partial charge in [0.2, 0.25) is 5.91 Å². The fraction of sp³-hybridized carbons (Fsp3) is 0.333. The Kier molecular flexibility index (Phi) is 5.97. The van der Waals surface area contributed by atoms with E-state index in [-0.39, 0.29) is 23.2 Å². The molecule has 0 spiro atoms. The number of benzene rings is 1. The van der Waals surface area contributed by atoms with Gasteiger partial charge in [0.15, 0.2) is 11.6 Å². The molecule has 0 aliphatic carbocycles. The molecule has 2 aromatic heterocycles. The predicted octanol–water partition coefficient (Wildman–Crippen LogP) is 2.74. The Morgan fingerprint density at radius 2 is 2.03 bits per heavy atom. The highest BCUT2D eigenvalue weighted by Gasteiger charge is 2.28. The number of carbonyl (C=O) groups is 1. The Bertz CT molecular complexity index is 1130. The molecule has 1 fully saturated rings. The number of nitro groups is 1. The molecule has 1 unspecified atom stereocenters. The monoisotopic (exact) mass is 437 g/mol. The van der Waals surface area contributed by atoms with Crippen LogP contribution in [0.3, 0.4) is 0 Å². The maximum Gasteiger partial charge on any atom is 0.271 e. The lowest BCUT2D eigenvalue weighted by Crippen LogP contribution is -2.41. The Balaban J connectivity index is 1.46. The molecule has 1 saturated heterocycles. The van der Waals surface area contributed by atoms with E-state index in [9.17, 15) is 14.9 Å². The number of hydrogen-bond acceptors (Lipinski definition) is 8. The van der Waals surface area contributed by atoms with E-state index in [2.05, 4.69) is 20.5 Å². The first-order valence-corrected chi connectivity index (χ1v) is 10.2. The number of ether oxygens (including phenoxy) is 1. The van der Waals surface area contributed by atoms with Gasteiger partial charge < -0.3 is 15.0 Å². The second-order valence-electron chi connectivity index (χ2n) is 7.51. The number of hydrogen-bond donors (Lipinski definition) is 1. The number of non-ortho nitro benzene ring substituents is 1. The normalized spacial score (nSPS) is 15.9. The van der Waals surface area contributed by atoms with Crippen molar-refractivity contribution in [2.24, 2.45) is 5.92 Å². The second-order valence-corrected chi connectivity index (χ2v) is 7.51. The molecule has 166 valence electrons. The lowest BCUT2D eigenvalue weighted by Gasteiger charge is -2.32. The molecule has 11 heteroatoms. The Morgan fingerprint density at radius 1 is 1.25 bits per heavy atom. The number of nitrogens with one attached hydrogen (secondary N) is 1. The van der Waals surface area contributed by atoms with E-state index in [1.54, 1.807) is 6.20 Å². The first-order valence-electron chi connectivity index (χ1n) is 10.2. The summed E-state index contributed by atoms with van der Waals surface area (Å²) < 4.78 is 7.08. The van der Waals surface area contributed by atoms with Gasteiger partial charge in [0.25, 0.3) is 5.69 Å². The van der Waals surface area contributed by atoms with Crippen LogP contribution in [0.2, 0.25) is 0 Å². The molecular weight excluding hydrogens is 414 g/mol. The summed E-state index contributed by atoms with van der Waals surface area (Å²) in [6, 6.07) is 7.87. The Morgan fingerprint density at radius 3 is 2.69 bits per heavy atom. The quantitative estimate of drug-likeness (QED) is 0.460. The number of anilines is 2. The first-order chi connectivity index (χ1) is 15.5. The summed E-state index contributed by atoms with van der Waals surface area (Å²) in [5.74, 6) is 2.04. The molecule has 1 atom stereocenters. The number of amides is 1. The van der Waals surface area contributed by atoms with Crippen LogP contribution in [-0.2, 0) is 4.79 Å². The number of methoxy groups -OCH3 is 1. The van der Waals surface area contributed by atoms with Crippen LogP contribution in [0.25, 0.3) is 5.82 Å². The predicted molar refractivity (Wildman–Crippen MR) is 117 cm³/mol. The molecule has 3 aromatic rings. The zero-order valence-corrected chi connectivity index (χ0v) is 17.8. The lowest BCUT2D eigenvalue weighted by molar-refractivity contribution is -0.384. The summed E-state index contributed by atoms with van der Waals surface area (Å²) in [6.07, 6.45) is 5.05. The number of aromatic nitrogens is 4. The van der Waals surface area contributed by atoms with E-state index in [0.29, 0.717) is 30.4 Å². The molecule has 11 nitrogen and oxygen atoms in total. The van der Waals surface area contributed by atoms with Crippen LogP contribution in [0.1, 0.15) is 18.7 Å². The molecular formula is C21H23N7O4. The third-order valence-electron chi connectivity index (χ3n) is 5.48. The molecule has 1 amide bonds. The van der Waals surface area contributed by atoms with Crippen molar-refractivity contribution in [1.29, 1.82) is 0 Å². The summed E-state index contributed by atoms with van der Waals surface area (Å²) in [6.45, 7) is 3.13. The van der Waals surface area contributed by atoms with Gasteiger partial charge in [0, 0.05) is 37.6 Å². The molecule has 3 heterocycles. The molecule has 1 aliphatic rings. The summed E-state index contributed by atoms with van der Waals surface area (Å²) in [7, 11) is 1.45. The van der Waals surface area contributed by atoms with Crippen LogP contribution in [-0.4, -0.2) is 50.8 Å². The maximum atomic E-state index is 12.9. The SMILES string of the molecule is COc1ccc([N+](=O)[O-])cc1NC(=O)C1CCCN(c2ccc(-n3ccnc3C)nn2)C1. The zero-order chi connectivity index (χ0) is 22.7. The lowest BCUT2D eigenvalue weighted by atomic mass is 9.97. The van der Waals surface area contributed by atoms with Crippen molar-refractivity contribution in [1.82, 2.24) is 19.7 Å². The summed E-state index contributed by atoms with van der Waals surface area (Å²) in [4.78, 5) is 29.7. The van der Waals surface area contributed by atoms with Crippen molar-refractivity contribution in [2.75, 3.05) is 30.4 Å². The van der Waals surface area contributed by atoms with Gasteiger partial charge in [-0.2, -0.15) is 0 Å². The summed E-state index contributed by atoms with van der Waals surface area (Å²) >= 11 is 0. The third-order valence-corrected chi connectivity index (χ3v) is 5.48. The molecule has 1 N–H and O–H groups in total. The van der Waals surface area contributed by atoms with E-state index in [1.165, 1.54) is 25.3 Å². The van der Waals surface area contributed by atoms with E-state index in [1.807, 2.05) is 34.7 Å². The minimum atomic E-state index is -0.509. The average Bonchev–Trinajstić information content (AvgIpc) is 3.25. The van der Waals surface area contributed by atoms with Crippen molar-refractivity contribution in [3.63, 3.8) is 0 Å². The highest BCUT2D eigenvalue weighted by molar-refractivity contribution is 5.94. The van der Waals surface area contributed by atoms with Gasteiger partial charge in [-0.1, -0.05) is 0 Å². The molecule has 4 rings (SSSR count). The summed E-state index contributed by atoms with van der Waals surface area (Å²) in [5.41, 5.74) is 0.165. The number of aryl methyl sites for hydroxylation is 1. The minimum absolute atomic E-state index is 0.116. The van der Waals surface area contributed by atoms with Crippen LogP contribution in [0.15, 0.2) is 42.7 Å². The average molecular weight is 437 g/mol. The van der Waals surface area contributed by atoms with Gasteiger partial charge in [-0.05, 0) is 38.0 Å². The van der Waals surface area contributed by atoms with Gasteiger partial charge in [-0.15, -0.1) is 10.2 Å². The Labute approximate surface area is 184 Å². The zero-order valence-electron chi connectivity index (χ0n) is 17.8. The largest absolute Gasteiger partial charge is 0.495 e. The van der Waals surface area contributed by atoms with Crippen LogP contribution in [0, 0.1) is 23.0 Å². The maximum absolute atomic E-state index is 12.9. The number of nitro benzene ring substituents is 1. The van der Waals surface area contributed by atoms with E-state index < -0.39 is 4.92 Å². The van der Waals surface area contributed by atoms with Crippen molar-refractivity contribution in [3.8, 4) is 11.6 Å².